The van der Waals surface area contributed by atoms with Gasteiger partial charge in [0.05, 0.1) is 0 Å². The fourth-order valence-corrected chi connectivity index (χ4v) is 0.802. The summed E-state index contributed by atoms with van der Waals surface area (Å²) in [6.07, 6.45) is 2.17. The molecule has 0 saturated carbocycles. The molecule has 0 aliphatic rings. The molecule has 0 aromatic carbocycles. The molecule has 0 atom stereocenters. The maximum Gasteiger partial charge on any atom is 0.00433 e. The highest BCUT2D eigenvalue weighted by Gasteiger charge is 1.70. The van der Waals surface area contributed by atoms with Crippen LogP contribution >= 0.6 is 31.9 Å². The molecule has 0 bridgehead atoms. The van der Waals surface area contributed by atoms with E-state index in [0.29, 0.717) is 0 Å². The van der Waals surface area contributed by atoms with Crippen molar-refractivity contribution in [2.75, 3.05) is 23.7 Å². The average Bonchev–Trinajstić information content (AvgIpc) is 1.93. The summed E-state index contributed by atoms with van der Waals surface area (Å²) in [4.78, 5) is 0. The van der Waals surface area contributed by atoms with Crippen LogP contribution in [0.3, 0.4) is 0 Å². The van der Waals surface area contributed by atoms with Crippen LogP contribution in [-0.4, -0.2) is 23.7 Å². The van der Waals surface area contributed by atoms with Crippen LogP contribution in [0.25, 0.3) is 0 Å². The molecule has 0 unspecified atom stereocenters. The normalized spacial score (nSPS) is 8.40. The SMILES string of the molecule is NCCCBr.NCCCBr. The van der Waals surface area contributed by atoms with E-state index in [1.165, 1.54) is 0 Å². The third kappa shape index (κ3) is 23.2. The molecule has 0 amide bonds. The fourth-order valence-electron chi connectivity index (χ4n) is 0.154. The smallest absolute Gasteiger partial charge is 0.00433 e. The summed E-state index contributed by atoms with van der Waals surface area (Å²) in [6, 6.07) is 0. The first-order valence-electron chi connectivity index (χ1n) is 3.35. The van der Waals surface area contributed by atoms with E-state index < -0.39 is 0 Å². The van der Waals surface area contributed by atoms with E-state index in [1.807, 2.05) is 0 Å². The summed E-state index contributed by atoms with van der Waals surface area (Å²) < 4.78 is 0. The Labute approximate surface area is 80.0 Å². The maximum absolute atomic E-state index is 5.11. The van der Waals surface area contributed by atoms with Crippen LogP contribution in [0.5, 0.6) is 0 Å². The van der Waals surface area contributed by atoms with Gasteiger partial charge in [-0.15, -0.1) is 0 Å². The van der Waals surface area contributed by atoms with Crippen molar-refractivity contribution in [2.45, 2.75) is 12.8 Å². The van der Waals surface area contributed by atoms with Crippen molar-refractivity contribution in [2.24, 2.45) is 11.5 Å². The third-order valence-corrected chi connectivity index (χ3v) is 1.80. The zero-order chi connectivity index (χ0) is 8.24. The lowest BCUT2D eigenvalue weighted by molar-refractivity contribution is 0.949. The number of halogens is 2. The lowest BCUT2D eigenvalue weighted by Crippen LogP contribution is -1.97. The van der Waals surface area contributed by atoms with E-state index in [1.54, 1.807) is 0 Å². The Morgan fingerprint density at radius 1 is 0.800 bits per heavy atom. The Bertz CT molecular complexity index is 34.7. The van der Waals surface area contributed by atoms with Crippen LogP contribution < -0.4 is 11.5 Å². The minimum atomic E-state index is 0.797. The Hall–Kier alpha value is 0.880. The largest absolute Gasteiger partial charge is 0.330 e. The third-order valence-electron chi connectivity index (χ3n) is 0.676. The van der Waals surface area contributed by atoms with Crippen molar-refractivity contribution in [3.8, 4) is 0 Å². The topological polar surface area (TPSA) is 52.0 Å². The number of nitrogens with two attached hydrogens (primary N) is 2. The van der Waals surface area contributed by atoms with Gasteiger partial charge in [-0.05, 0) is 25.9 Å². The minimum Gasteiger partial charge on any atom is -0.330 e. The summed E-state index contributed by atoms with van der Waals surface area (Å²) in [5, 5.41) is 2.06. The highest BCUT2D eigenvalue weighted by atomic mass is 79.9. The van der Waals surface area contributed by atoms with Crippen molar-refractivity contribution >= 4 is 31.9 Å². The second kappa shape index (κ2) is 16.5. The molecule has 0 rings (SSSR count). The first-order chi connectivity index (χ1) is 4.83. The summed E-state index contributed by atoms with van der Waals surface area (Å²) in [5.41, 5.74) is 10.2. The Kier molecular flexibility index (Phi) is 22.2. The average molecular weight is 276 g/mol. The van der Waals surface area contributed by atoms with Crippen LogP contribution in [0.1, 0.15) is 12.8 Å². The molecular weight excluding hydrogens is 260 g/mol. The molecule has 0 aromatic heterocycles. The summed E-state index contributed by atoms with van der Waals surface area (Å²) in [5.74, 6) is 0. The van der Waals surface area contributed by atoms with Crippen LogP contribution in [0.2, 0.25) is 0 Å². The van der Waals surface area contributed by atoms with Crippen LogP contribution in [0.4, 0.5) is 0 Å². The zero-order valence-corrected chi connectivity index (χ0v) is 9.33. The Balaban J connectivity index is 0. The van der Waals surface area contributed by atoms with Crippen molar-refractivity contribution in [3.05, 3.63) is 0 Å². The number of hydrogen-bond acceptors (Lipinski definition) is 2. The van der Waals surface area contributed by atoms with Crippen LogP contribution in [0.15, 0.2) is 0 Å². The molecule has 4 heteroatoms. The van der Waals surface area contributed by atoms with Gasteiger partial charge in [0.2, 0.25) is 0 Å². The van der Waals surface area contributed by atoms with E-state index in [2.05, 4.69) is 31.9 Å². The molecular formula is C6H16Br2N2. The van der Waals surface area contributed by atoms with Crippen molar-refractivity contribution in [1.82, 2.24) is 0 Å². The van der Waals surface area contributed by atoms with Gasteiger partial charge in [-0.25, -0.2) is 0 Å². The van der Waals surface area contributed by atoms with Crippen molar-refractivity contribution in [1.29, 1.82) is 0 Å². The van der Waals surface area contributed by atoms with Gasteiger partial charge in [0.25, 0.3) is 0 Å². The molecule has 0 heterocycles. The predicted octanol–water partition coefficient (Wildman–Crippen LogP) is 1.46. The fraction of sp³-hybridized carbons (Fsp3) is 1.00. The minimum absolute atomic E-state index is 0.797. The molecule has 0 spiro atoms. The highest BCUT2D eigenvalue weighted by Crippen LogP contribution is 1.81. The summed E-state index contributed by atoms with van der Waals surface area (Å²) in [7, 11) is 0. The lowest BCUT2D eigenvalue weighted by atomic mass is 10.5. The van der Waals surface area contributed by atoms with Crippen molar-refractivity contribution in [3.63, 3.8) is 0 Å². The second-order valence-electron chi connectivity index (χ2n) is 1.66. The molecule has 0 aliphatic carbocycles. The Morgan fingerprint density at radius 2 is 1.10 bits per heavy atom. The lowest BCUT2D eigenvalue weighted by Gasteiger charge is -1.78. The molecule has 0 aromatic rings. The van der Waals surface area contributed by atoms with Crippen molar-refractivity contribution < 1.29 is 0 Å². The van der Waals surface area contributed by atoms with Gasteiger partial charge >= 0.3 is 0 Å². The molecule has 0 fully saturated rings. The first-order valence-corrected chi connectivity index (χ1v) is 5.59. The van der Waals surface area contributed by atoms with Crippen LogP contribution in [-0.2, 0) is 0 Å². The number of hydrogen-bond donors (Lipinski definition) is 2. The molecule has 10 heavy (non-hydrogen) atoms. The van der Waals surface area contributed by atoms with Gasteiger partial charge in [0.1, 0.15) is 0 Å². The van der Waals surface area contributed by atoms with Gasteiger partial charge in [-0.3, -0.25) is 0 Å². The Morgan fingerprint density at radius 3 is 1.10 bits per heavy atom. The van der Waals surface area contributed by atoms with Gasteiger partial charge in [-0.1, -0.05) is 31.9 Å². The maximum atomic E-state index is 5.11. The monoisotopic (exact) mass is 274 g/mol. The molecule has 64 valence electrons. The van der Waals surface area contributed by atoms with E-state index >= 15 is 0 Å². The molecule has 0 saturated heterocycles. The molecule has 0 radical (unpaired) electrons. The molecule has 2 nitrogen and oxygen atoms in total. The zero-order valence-electron chi connectivity index (χ0n) is 6.15. The van der Waals surface area contributed by atoms with E-state index in [4.69, 9.17) is 11.5 Å². The van der Waals surface area contributed by atoms with Crippen LogP contribution in [0, 0.1) is 0 Å². The van der Waals surface area contributed by atoms with Gasteiger partial charge < -0.3 is 11.5 Å². The standard InChI is InChI=1S/2C3H8BrN/c2*4-2-1-3-5/h2*1-3,5H2. The van der Waals surface area contributed by atoms with E-state index in [-0.39, 0.29) is 0 Å². The van der Waals surface area contributed by atoms with Gasteiger partial charge in [0, 0.05) is 10.7 Å². The van der Waals surface area contributed by atoms with E-state index in [9.17, 15) is 0 Å². The van der Waals surface area contributed by atoms with Gasteiger partial charge in [-0.2, -0.15) is 0 Å². The predicted molar refractivity (Wildman–Crippen MR) is 54.9 cm³/mol. The first kappa shape index (κ1) is 13.5. The summed E-state index contributed by atoms with van der Waals surface area (Å²) in [6.45, 7) is 1.59. The van der Waals surface area contributed by atoms with Gasteiger partial charge in [0.15, 0.2) is 0 Å². The quantitative estimate of drug-likeness (QED) is 0.764. The highest BCUT2D eigenvalue weighted by molar-refractivity contribution is 9.09. The number of rotatable bonds is 4. The molecule has 4 N–H and O–H groups in total. The number of alkyl halides is 2. The second-order valence-corrected chi connectivity index (χ2v) is 3.25. The summed E-state index contributed by atoms with van der Waals surface area (Å²) >= 11 is 6.46. The van der Waals surface area contributed by atoms with E-state index in [0.717, 1.165) is 36.6 Å². The molecule has 0 aliphatic heterocycles.